The van der Waals surface area contributed by atoms with E-state index in [1.54, 1.807) is 36.4 Å². The molecule has 0 aromatic heterocycles. The first kappa shape index (κ1) is 16.6. The van der Waals surface area contributed by atoms with Gasteiger partial charge in [0.1, 0.15) is 0 Å². The second-order valence-electron chi connectivity index (χ2n) is 4.50. The fraction of sp³-hybridized carbons (Fsp3) is 0.143. The minimum Gasteiger partial charge on any atom is -0.206 e. The zero-order valence-corrected chi connectivity index (χ0v) is 13.8. The molecule has 0 aliphatic carbocycles. The van der Waals surface area contributed by atoms with Crippen LogP contribution in [0.4, 0.5) is 0 Å². The molecule has 2 rings (SSSR count). The van der Waals surface area contributed by atoms with Crippen molar-refractivity contribution < 1.29 is 16.8 Å². The number of rotatable bonds is 5. The van der Waals surface area contributed by atoms with Crippen LogP contribution >= 0.6 is 0 Å². The normalized spacial score (nSPS) is 12.7. The van der Waals surface area contributed by atoms with Crippen molar-refractivity contribution in [3.8, 4) is 0 Å². The smallest absolute Gasteiger partial charge is 0.206 e. The van der Waals surface area contributed by atoms with Crippen LogP contribution in [0.15, 0.2) is 70.5 Å². The van der Waals surface area contributed by atoms with Gasteiger partial charge in [0.15, 0.2) is 0 Å². The third-order valence-electron chi connectivity index (χ3n) is 3.17. The number of hydrogen-bond acceptors (Lipinski definition) is 4. The maximum absolute atomic E-state index is 12.5. The number of sulfonamides is 2. The van der Waals surface area contributed by atoms with Gasteiger partial charge in [-0.15, -0.1) is 8.83 Å². The van der Waals surface area contributed by atoms with Gasteiger partial charge in [-0.1, -0.05) is 36.4 Å². The fourth-order valence-corrected chi connectivity index (χ4v) is 4.54. The van der Waals surface area contributed by atoms with Crippen LogP contribution in [-0.4, -0.2) is 39.8 Å². The van der Waals surface area contributed by atoms with Gasteiger partial charge >= 0.3 is 0 Å². The van der Waals surface area contributed by atoms with E-state index in [0.717, 1.165) is 0 Å². The van der Waals surface area contributed by atoms with E-state index in [1.165, 1.54) is 38.4 Å². The summed E-state index contributed by atoms with van der Waals surface area (Å²) in [6, 6.07) is 15.3. The zero-order chi connectivity index (χ0) is 16.4. The monoisotopic (exact) mass is 340 g/mol. The molecule has 0 amide bonds. The van der Waals surface area contributed by atoms with Gasteiger partial charge < -0.3 is 0 Å². The van der Waals surface area contributed by atoms with Gasteiger partial charge in [-0.3, -0.25) is 0 Å². The van der Waals surface area contributed by atoms with Crippen LogP contribution in [0.2, 0.25) is 0 Å². The van der Waals surface area contributed by atoms with E-state index in [9.17, 15) is 16.8 Å². The molecule has 0 unspecified atom stereocenters. The van der Waals surface area contributed by atoms with Gasteiger partial charge in [-0.2, -0.15) is 0 Å². The summed E-state index contributed by atoms with van der Waals surface area (Å²) in [5.74, 6) is 0. The highest BCUT2D eigenvalue weighted by molar-refractivity contribution is 7.92. The van der Waals surface area contributed by atoms with Crippen LogP contribution in [0.25, 0.3) is 0 Å². The van der Waals surface area contributed by atoms with Crippen LogP contribution in [0.5, 0.6) is 0 Å². The van der Waals surface area contributed by atoms with Crippen molar-refractivity contribution >= 4 is 20.0 Å². The van der Waals surface area contributed by atoms with Crippen LogP contribution in [0, 0.1) is 0 Å². The molecule has 0 aliphatic rings. The molecule has 0 saturated heterocycles. The standard InChI is InChI=1S/C14H16N2O4S2/c1-15(21(17,18)13-9-5-3-6-10-13)16(2)22(19,20)14-11-7-4-8-12-14/h3-12H,1-2H3. The van der Waals surface area contributed by atoms with Gasteiger partial charge in [-0.05, 0) is 24.3 Å². The highest BCUT2D eigenvalue weighted by Crippen LogP contribution is 2.20. The van der Waals surface area contributed by atoms with Crippen molar-refractivity contribution in [2.24, 2.45) is 0 Å². The first-order chi connectivity index (χ1) is 10.3. The summed E-state index contributed by atoms with van der Waals surface area (Å²) in [7, 11) is -5.50. The summed E-state index contributed by atoms with van der Waals surface area (Å²) >= 11 is 0. The first-order valence-electron chi connectivity index (χ1n) is 6.36. The van der Waals surface area contributed by atoms with Gasteiger partial charge in [0.05, 0.1) is 9.79 Å². The number of hydrazine groups is 1. The Morgan fingerprint density at radius 2 is 0.864 bits per heavy atom. The van der Waals surface area contributed by atoms with E-state index in [2.05, 4.69) is 0 Å². The fourth-order valence-electron chi connectivity index (χ4n) is 1.79. The van der Waals surface area contributed by atoms with Crippen molar-refractivity contribution in [2.75, 3.05) is 14.1 Å². The van der Waals surface area contributed by atoms with E-state index in [1.807, 2.05) is 0 Å². The quantitative estimate of drug-likeness (QED) is 0.774. The molecular formula is C14H16N2O4S2. The number of benzene rings is 2. The summed E-state index contributed by atoms with van der Waals surface area (Å²) in [4.78, 5) is 0.0419. The van der Waals surface area contributed by atoms with Crippen molar-refractivity contribution in [1.29, 1.82) is 0 Å². The predicted octanol–water partition coefficient (Wildman–Crippen LogP) is 1.54. The molecule has 0 aliphatic heterocycles. The number of nitrogens with zero attached hydrogens (tertiary/aromatic N) is 2. The molecule has 0 bridgehead atoms. The lowest BCUT2D eigenvalue weighted by Gasteiger charge is -2.26. The van der Waals surface area contributed by atoms with Crippen LogP contribution < -0.4 is 0 Å². The van der Waals surface area contributed by atoms with Gasteiger partial charge in [-0.25, -0.2) is 16.8 Å². The van der Waals surface area contributed by atoms with Crippen molar-refractivity contribution in [1.82, 2.24) is 8.83 Å². The summed E-state index contributed by atoms with van der Waals surface area (Å²) in [6.07, 6.45) is 0. The Kier molecular flexibility index (Phi) is 4.66. The maximum Gasteiger partial charge on any atom is 0.256 e. The molecule has 6 nitrogen and oxygen atoms in total. The van der Waals surface area contributed by atoms with Gasteiger partial charge in [0.25, 0.3) is 20.0 Å². The Balaban J connectivity index is 2.40. The molecule has 0 spiro atoms. The molecule has 118 valence electrons. The van der Waals surface area contributed by atoms with E-state index in [0.29, 0.717) is 8.83 Å². The lowest BCUT2D eigenvalue weighted by atomic mass is 10.4. The van der Waals surface area contributed by atoms with E-state index in [-0.39, 0.29) is 9.79 Å². The minimum absolute atomic E-state index is 0.0209. The van der Waals surface area contributed by atoms with E-state index < -0.39 is 20.0 Å². The average molecular weight is 340 g/mol. The minimum atomic E-state index is -3.95. The third kappa shape index (κ3) is 3.05. The molecule has 0 radical (unpaired) electrons. The summed E-state index contributed by atoms with van der Waals surface area (Å²) in [6.45, 7) is 0. The molecule has 0 saturated carbocycles. The van der Waals surface area contributed by atoms with Gasteiger partial charge in [0, 0.05) is 14.1 Å². The second kappa shape index (κ2) is 6.17. The van der Waals surface area contributed by atoms with Crippen molar-refractivity contribution in [3.63, 3.8) is 0 Å². The van der Waals surface area contributed by atoms with Crippen molar-refractivity contribution in [3.05, 3.63) is 60.7 Å². The lowest BCUT2D eigenvalue weighted by molar-refractivity contribution is 0.234. The number of hydrogen-bond donors (Lipinski definition) is 0. The third-order valence-corrected chi connectivity index (χ3v) is 6.89. The van der Waals surface area contributed by atoms with Gasteiger partial charge in [0.2, 0.25) is 0 Å². The topological polar surface area (TPSA) is 74.8 Å². The molecule has 22 heavy (non-hydrogen) atoms. The van der Waals surface area contributed by atoms with Crippen LogP contribution in [0.1, 0.15) is 0 Å². The Morgan fingerprint density at radius 3 is 1.14 bits per heavy atom. The zero-order valence-electron chi connectivity index (χ0n) is 12.1. The highest BCUT2D eigenvalue weighted by atomic mass is 32.2. The molecular weight excluding hydrogens is 324 g/mol. The molecule has 2 aromatic carbocycles. The lowest BCUT2D eigenvalue weighted by Crippen LogP contribution is -2.44. The highest BCUT2D eigenvalue weighted by Gasteiger charge is 2.32. The molecule has 2 aromatic rings. The van der Waals surface area contributed by atoms with E-state index >= 15 is 0 Å². The SMILES string of the molecule is CN(N(C)S(=O)(=O)c1ccccc1)S(=O)(=O)c1ccccc1. The predicted molar refractivity (Wildman–Crippen MR) is 82.8 cm³/mol. The summed E-state index contributed by atoms with van der Waals surface area (Å²) < 4.78 is 51.3. The molecule has 0 heterocycles. The Bertz CT molecular complexity index is 761. The molecule has 8 heteroatoms. The molecule has 0 fully saturated rings. The summed E-state index contributed by atoms with van der Waals surface area (Å²) in [5.41, 5.74) is 0. The molecule has 0 N–H and O–H groups in total. The average Bonchev–Trinajstić information content (AvgIpc) is 2.55. The molecule has 0 atom stereocenters. The van der Waals surface area contributed by atoms with Crippen LogP contribution in [0.3, 0.4) is 0 Å². The maximum atomic E-state index is 12.5. The first-order valence-corrected chi connectivity index (χ1v) is 9.24. The van der Waals surface area contributed by atoms with Crippen LogP contribution in [-0.2, 0) is 20.0 Å². The van der Waals surface area contributed by atoms with E-state index in [4.69, 9.17) is 0 Å². The Hall–Kier alpha value is -1.74. The Morgan fingerprint density at radius 1 is 0.591 bits per heavy atom. The Labute approximate surface area is 130 Å². The summed E-state index contributed by atoms with van der Waals surface area (Å²) in [5, 5.41) is 0. The second-order valence-corrected chi connectivity index (χ2v) is 8.40. The largest absolute Gasteiger partial charge is 0.256 e. The van der Waals surface area contributed by atoms with Crippen molar-refractivity contribution in [2.45, 2.75) is 9.79 Å².